The number of halogens is 4. The maximum Gasteiger partial charge on any atom is 0.416 e. The topological polar surface area (TPSA) is 59.4 Å². The number of rotatable bonds is 6. The minimum absolute atomic E-state index is 0.268. The monoisotopic (exact) mass is 574 g/mol. The first-order chi connectivity index (χ1) is 19.7. The molecule has 0 atom stereocenters. The van der Waals surface area contributed by atoms with Gasteiger partial charge in [-0.3, -0.25) is 9.69 Å². The highest BCUT2D eigenvalue weighted by Crippen LogP contribution is 2.33. The number of hydrogen-bond donors (Lipinski definition) is 1. The summed E-state index contributed by atoms with van der Waals surface area (Å²) in [6, 6.07) is 27.0. The molecule has 5 rings (SSSR count). The minimum Gasteiger partial charge on any atom is -0.369 e. The molecule has 9 heteroatoms. The van der Waals surface area contributed by atoms with Gasteiger partial charge >= 0.3 is 6.18 Å². The molecule has 1 saturated heterocycles. The van der Waals surface area contributed by atoms with E-state index < -0.39 is 11.7 Å². The van der Waals surface area contributed by atoms with Gasteiger partial charge in [-0.05, 0) is 71.8 Å². The van der Waals surface area contributed by atoms with Crippen molar-refractivity contribution in [1.29, 1.82) is 5.26 Å². The van der Waals surface area contributed by atoms with Crippen LogP contribution in [0.25, 0.3) is 11.1 Å². The molecule has 1 heterocycles. The second kappa shape index (κ2) is 12.0. The normalized spacial score (nSPS) is 14.0. The number of nitriles is 1. The average molecular weight is 575 g/mol. The fourth-order valence-corrected chi connectivity index (χ4v) is 5.14. The van der Waals surface area contributed by atoms with Crippen LogP contribution < -0.4 is 10.2 Å². The maximum atomic E-state index is 12.9. The molecule has 208 valence electrons. The van der Waals surface area contributed by atoms with Crippen LogP contribution in [0.15, 0.2) is 91.0 Å². The van der Waals surface area contributed by atoms with E-state index in [1.165, 1.54) is 18.2 Å². The number of anilines is 2. The second-order valence-electron chi connectivity index (χ2n) is 9.85. The number of nitrogens with zero attached hydrogens (tertiary/aromatic N) is 3. The molecule has 0 bridgehead atoms. The molecule has 1 aliphatic heterocycles. The highest BCUT2D eigenvalue weighted by molar-refractivity contribution is 6.33. The Morgan fingerprint density at radius 1 is 0.902 bits per heavy atom. The summed E-state index contributed by atoms with van der Waals surface area (Å²) in [5.41, 5.74) is 4.18. The van der Waals surface area contributed by atoms with Gasteiger partial charge in [-0.2, -0.15) is 18.4 Å². The molecule has 0 aliphatic carbocycles. The molecule has 1 N–H and O–H groups in total. The number of amides is 1. The summed E-state index contributed by atoms with van der Waals surface area (Å²) in [6.45, 7) is 4.35. The van der Waals surface area contributed by atoms with Gasteiger partial charge in [0.1, 0.15) is 0 Å². The predicted octanol–water partition coefficient (Wildman–Crippen LogP) is 7.47. The lowest BCUT2D eigenvalue weighted by atomic mass is 10.0. The highest BCUT2D eigenvalue weighted by Gasteiger charge is 2.30. The highest BCUT2D eigenvalue weighted by atomic mass is 35.5. The van der Waals surface area contributed by atoms with E-state index in [9.17, 15) is 18.0 Å². The Kier molecular flexibility index (Phi) is 8.29. The molecule has 1 aliphatic rings. The third-order valence-corrected chi connectivity index (χ3v) is 7.39. The van der Waals surface area contributed by atoms with Gasteiger partial charge in [0.2, 0.25) is 0 Å². The Hall–Kier alpha value is -4.32. The van der Waals surface area contributed by atoms with Gasteiger partial charge in [-0.25, -0.2) is 0 Å². The molecule has 4 aromatic carbocycles. The van der Waals surface area contributed by atoms with Crippen LogP contribution in [-0.2, 0) is 12.7 Å². The molecule has 0 unspecified atom stereocenters. The lowest BCUT2D eigenvalue weighted by Gasteiger charge is -2.36. The first-order valence-corrected chi connectivity index (χ1v) is 13.4. The fraction of sp³-hybridized carbons (Fsp3) is 0.188. The van der Waals surface area contributed by atoms with Crippen molar-refractivity contribution in [2.45, 2.75) is 12.7 Å². The standard InChI is InChI=1S/C32H26ClF3N4O/c33-30-19-25(6-13-29(30)24-4-7-26(8-5-24)32(34,35)36)31(41)38-27-9-11-28(12-10-27)40-16-14-39(15-17-40)21-23-3-1-2-22(18-23)20-37/h1-13,18-19H,14-17,21H2,(H,38,41). The number of carbonyl (C=O) groups excluding carboxylic acids is 1. The summed E-state index contributed by atoms with van der Waals surface area (Å²) in [7, 11) is 0. The average Bonchev–Trinajstić information content (AvgIpc) is 2.98. The summed E-state index contributed by atoms with van der Waals surface area (Å²) >= 11 is 6.39. The summed E-state index contributed by atoms with van der Waals surface area (Å²) in [5.74, 6) is -0.340. The zero-order valence-electron chi connectivity index (χ0n) is 22.0. The van der Waals surface area contributed by atoms with Crippen molar-refractivity contribution < 1.29 is 18.0 Å². The molecule has 1 fully saturated rings. The van der Waals surface area contributed by atoms with Crippen molar-refractivity contribution in [2.24, 2.45) is 0 Å². The summed E-state index contributed by atoms with van der Waals surface area (Å²) in [4.78, 5) is 17.5. The Morgan fingerprint density at radius 2 is 1.61 bits per heavy atom. The van der Waals surface area contributed by atoms with Crippen molar-refractivity contribution >= 4 is 28.9 Å². The third-order valence-electron chi connectivity index (χ3n) is 7.08. The molecule has 1 amide bonds. The number of nitrogens with one attached hydrogen (secondary N) is 1. The van der Waals surface area contributed by atoms with Crippen LogP contribution in [0.4, 0.5) is 24.5 Å². The molecule has 0 saturated carbocycles. The zero-order chi connectivity index (χ0) is 29.0. The molecule has 0 aromatic heterocycles. The van der Waals surface area contributed by atoms with Crippen LogP contribution in [-0.4, -0.2) is 37.0 Å². The first kappa shape index (κ1) is 28.2. The molecular formula is C32H26ClF3N4O. The van der Waals surface area contributed by atoms with E-state index in [1.807, 2.05) is 48.5 Å². The number of hydrogen-bond acceptors (Lipinski definition) is 4. The summed E-state index contributed by atoms with van der Waals surface area (Å²) < 4.78 is 38.6. The molecule has 41 heavy (non-hydrogen) atoms. The van der Waals surface area contributed by atoms with E-state index >= 15 is 0 Å². The molecule has 5 nitrogen and oxygen atoms in total. The predicted molar refractivity (Wildman–Crippen MR) is 155 cm³/mol. The smallest absolute Gasteiger partial charge is 0.369 e. The Balaban J connectivity index is 1.16. The van der Waals surface area contributed by atoms with Crippen LogP contribution in [0.5, 0.6) is 0 Å². The maximum absolute atomic E-state index is 12.9. The van der Waals surface area contributed by atoms with Gasteiger partial charge < -0.3 is 10.2 Å². The van der Waals surface area contributed by atoms with Gasteiger partial charge in [-0.15, -0.1) is 0 Å². The Labute approximate surface area is 241 Å². The van der Waals surface area contributed by atoms with E-state index in [1.54, 1.807) is 12.1 Å². The fourth-order valence-electron chi connectivity index (χ4n) is 4.85. The number of carbonyl (C=O) groups is 1. The lowest BCUT2D eigenvalue weighted by molar-refractivity contribution is -0.137. The number of benzene rings is 4. The van der Waals surface area contributed by atoms with Crippen LogP contribution in [0, 0.1) is 11.3 Å². The van der Waals surface area contributed by atoms with Crippen molar-refractivity contribution in [1.82, 2.24) is 4.90 Å². The van der Waals surface area contributed by atoms with Crippen molar-refractivity contribution in [2.75, 3.05) is 36.4 Å². The van der Waals surface area contributed by atoms with Gasteiger partial charge in [0.05, 0.1) is 17.2 Å². The quantitative estimate of drug-likeness (QED) is 0.259. The van der Waals surface area contributed by atoms with Crippen LogP contribution >= 0.6 is 11.6 Å². The summed E-state index contributed by atoms with van der Waals surface area (Å²) in [6.07, 6.45) is -4.41. The molecular weight excluding hydrogens is 549 g/mol. The number of alkyl halides is 3. The second-order valence-corrected chi connectivity index (χ2v) is 10.3. The Morgan fingerprint density at radius 3 is 2.24 bits per heavy atom. The van der Waals surface area contributed by atoms with Gasteiger partial charge in [0, 0.05) is 60.2 Å². The summed E-state index contributed by atoms with van der Waals surface area (Å²) in [5, 5.41) is 12.3. The van der Waals surface area contributed by atoms with Crippen molar-refractivity contribution in [3.8, 4) is 17.2 Å². The largest absolute Gasteiger partial charge is 0.416 e. The van der Waals surface area contributed by atoms with E-state index in [0.29, 0.717) is 27.9 Å². The molecule has 4 aromatic rings. The van der Waals surface area contributed by atoms with Gasteiger partial charge in [-0.1, -0.05) is 41.9 Å². The van der Waals surface area contributed by atoms with E-state index in [0.717, 1.165) is 56.1 Å². The molecule has 0 spiro atoms. The van der Waals surface area contributed by atoms with E-state index in [-0.39, 0.29) is 10.9 Å². The SMILES string of the molecule is N#Cc1cccc(CN2CCN(c3ccc(NC(=O)c4ccc(-c5ccc(C(F)(F)F)cc5)c(Cl)c4)cc3)CC2)c1. The van der Waals surface area contributed by atoms with Gasteiger partial charge in [0.15, 0.2) is 0 Å². The van der Waals surface area contributed by atoms with Crippen molar-refractivity contribution in [3.05, 3.63) is 118 Å². The van der Waals surface area contributed by atoms with Crippen LogP contribution in [0.3, 0.4) is 0 Å². The minimum atomic E-state index is -4.41. The van der Waals surface area contributed by atoms with Crippen LogP contribution in [0.2, 0.25) is 5.02 Å². The number of piperazine rings is 1. The third kappa shape index (κ3) is 6.88. The van der Waals surface area contributed by atoms with Gasteiger partial charge in [0.25, 0.3) is 5.91 Å². The van der Waals surface area contributed by atoms with E-state index in [2.05, 4.69) is 21.2 Å². The lowest BCUT2D eigenvalue weighted by Crippen LogP contribution is -2.45. The van der Waals surface area contributed by atoms with E-state index in [4.69, 9.17) is 16.9 Å². The first-order valence-electron chi connectivity index (χ1n) is 13.0. The Bertz CT molecular complexity index is 1570. The zero-order valence-corrected chi connectivity index (χ0v) is 22.7. The van der Waals surface area contributed by atoms with Crippen LogP contribution in [0.1, 0.15) is 27.0 Å². The van der Waals surface area contributed by atoms with Crippen molar-refractivity contribution in [3.63, 3.8) is 0 Å². The molecule has 0 radical (unpaired) electrons.